The molecule has 0 amide bonds. The summed E-state index contributed by atoms with van der Waals surface area (Å²) in [6.45, 7) is 1.84. The maximum absolute atomic E-state index is 9.88. The van der Waals surface area contributed by atoms with Crippen LogP contribution in [0.5, 0.6) is 0 Å². The van der Waals surface area contributed by atoms with Gasteiger partial charge < -0.3 is 9.52 Å². The monoisotopic (exact) mass is 192 g/mol. The number of rotatable bonds is 2. The Balaban J connectivity index is 2.28. The smallest absolute Gasteiger partial charge is 0.126 e. The minimum Gasteiger partial charge on any atom is -0.469 e. The third-order valence-corrected chi connectivity index (χ3v) is 2.08. The predicted molar refractivity (Wildman–Crippen MR) is 50.7 cm³/mol. The van der Waals surface area contributed by atoms with E-state index in [9.17, 15) is 5.11 Å². The Hall–Kier alpha value is -1.55. The van der Waals surface area contributed by atoms with Gasteiger partial charge in [-0.15, -0.1) is 0 Å². The van der Waals surface area contributed by atoms with Crippen LogP contribution in [0.25, 0.3) is 0 Å². The van der Waals surface area contributed by atoms with Crippen LogP contribution in [0.2, 0.25) is 0 Å². The van der Waals surface area contributed by atoms with E-state index in [4.69, 9.17) is 4.42 Å². The van der Waals surface area contributed by atoms with Crippen LogP contribution >= 0.6 is 0 Å². The molecule has 2 heterocycles. The summed E-state index contributed by atoms with van der Waals surface area (Å²) in [4.78, 5) is 0. The molecule has 0 bridgehead atoms. The number of aliphatic hydroxyl groups is 1. The summed E-state index contributed by atoms with van der Waals surface area (Å²) >= 11 is 0. The normalized spacial score (nSPS) is 13.1. The zero-order valence-corrected chi connectivity index (χ0v) is 8.14. The first-order chi connectivity index (χ1) is 6.66. The van der Waals surface area contributed by atoms with Crippen molar-refractivity contribution in [1.29, 1.82) is 0 Å². The van der Waals surface area contributed by atoms with Crippen molar-refractivity contribution in [3.05, 3.63) is 41.6 Å². The Morgan fingerprint density at radius 3 is 2.86 bits per heavy atom. The summed E-state index contributed by atoms with van der Waals surface area (Å²) in [6.07, 6.45) is 2.65. The van der Waals surface area contributed by atoms with E-state index in [2.05, 4.69) is 5.10 Å². The minimum absolute atomic E-state index is 0.633. The van der Waals surface area contributed by atoms with Crippen LogP contribution in [0.1, 0.15) is 23.1 Å². The molecule has 74 valence electrons. The zero-order chi connectivity index (χ0) is 10.1. The summed E-state index contributed by atoms with van der Waals surface area (Å²) in [5.74, 6) is 0.787. The van der Waals surface area contributed by atoms with Gasteiger partial charge in [-0.2, -0.15) is 5.10 Å². The van der Waals surface area contributed by atoms with Crippen LogP contribution in [0.15, 0.2) is 29.0 Å². The lowest BCUT2D eigenvalue weighted by Crippen LogP contribution is -2.00. The summed E-state index contributed by atoms with van der Waals surface area (Å²) < 4.78 is 6.78. The molecule has 1 N–H and O–H groups in total. The number of furan rings is 1. The van der Waals surface area contributed by atoms with Crippen molar-refractivity contribution in [1.82, 2.24) is 9.78 Å². The average molecular weight is 192 g/mol. The molecule has 0 fully saturated rings. The molecule has 0 aliphatic carbocycles. The van der Waals surface area contributed by atoms with E-state index in [1.54, 1.807) is 29.3 Å². The van der Waals surface area contributed by atoms with Gasteiger partial charge in [0, 0.05) is 18.8 Å². The maximum Gasteiger partial charge on any atom is 0.126 e. The zero-order valence-electron chi connectivity index (χ0n) is 8.14. The number of aliphatic hydroxyl groups excluding tert-OH is 1. The molecule has 0 spiro atoms. The van der Waals surface area contributed by atoms with Gasteiger partial charge in [0.25, 0.3) is 0 Å². The Morgan fingerprint density at radius 1 is 1.57 bits per heavy atom. The molecule has 0 saturated heterocycles. The first-order valence-electron chi connectivity index (χ1n) is 4.39. The Morgan fingerprint density at radius 2 is 2.36 bits per heavy atom. The highest BCUT2D eigenvalue weighted by atomic mass is 16.3. The molecule has 0 saturated carbocycles. The second-order valence-electron chi connectivity index (χ2n) is 3.31. The Kier molecular flexibility index (Phi) is 2.13. The summed E-state index contributed by atoms with van der Waals surface area (Å²) in [7, 11) is 1.82. The van der Waals surface area contributed by atoms with Crippen LogP contribution < -0.4 is 0 Å². The van der Waals surface area contributed by atoms with E-state index in [1.807, 2.05) is 14.0 Å². The lowest BCUT2D eigenvalue weighted by Gasteiger charge is -2.02. The fourth-order valence-corrected chi connectivity index (χ4v) is 1.36. The SMILES string of the molecule is Cc1cc(C(O)c2ccn(C)n2)co1. The Labute approximate surface area is 81.8 Å². The molecular formula is C10H12N2O2. The largest absolute Gasteiger partial charge is 0.469 e. The molecule has 14 heavy (non-hydrogen) atoms. The van der Waals surface area contributed by atoms with Gasteiger partial charge in [-0.25, -0.2) is 0 Å². The van der Waals surface area contributed by atoms with Gasteiger partial charge in [0.1, 0.15) is 11.9 Å². The van der Waals surface area contributed by atoms with Gasteiger partial charge >= 0.3 is 0 Å². The summed E-state index contributed by atoms with van der Waals surface area (Å²) in [5, 5.41) is 14.0. The molecular weight excluding hydrogens is 180 g/mol. The van der Waals surface area contributed by atoms with Crippen molar-refractivity contribution in [2.75, 3.05) is 0 Å². The number of nitrogens with zero attached hydrogens (tertiary/aromatic N) is 2. The van der Waals surface area contributed by atoms with Crippen LogP contribution in [-0.2, 0) is 7.05 Å². The van der Waals surface area contributed by atoms with Crippen molar-refractivity contribution in [3.8, 4) is 0 Å². The molecule has 2 aromatic rings. The average Bonchev–Trinajstić information content (AvgIpc) is 2.73. The van der Waals surface area contributed by atoms with Gasteiger partial charge in [-0.3, -0.25) is 4.68 Å². The lowest BCUT2D eigenvalue weighted by molar-refractivity contribution is 0.213. The van der Waals surface area contributed by atoms with Crippen molar-refractivity contribution in [2.45, 2.75) is 13.0 Å². The molecule has 1 atom stereocenters. The highest BCUT2D eigenvalue weighted by Crippen LogP contribution is 2.21. The van der Waals surface area contributed by atoms with Gasteiger partial charge in [-0.05, 0) is 19.1 Å². The van der Waals surface area contributed by atoms with Gasteiger partial charge in [0.15, 0.2) is 0 Å². The van der Waals surface area contributed by atoms with E-state index in [1.165, 1.54) is 0 Å². The molecule has 0 aliphatic heterocycles. The van der Waals surface area contributed by atoms with Gasteiger partial charge in [0.05, 0.1) is 12.0 Å². The van der Waals surface area contributed by atoms with Gasteiger partial charge in [-0.1, -0.05) is 0 Å². The fraction of sp³-hybridized carbons (Fsp3) is 0.300. The molecule has 4 heteroatoms. The maximum atomic E-state index is 9.88. The van der Waals surface area contributed by atoms with E-state index < -0.39 is 6.10 Å². The first kappa shape index (κ1) is 9.02. The molecule has 4 nitrogen and oxygen atoms in total. The second-order valence-corrected chi connectivity index (χ2v) is 3.31. The van der Waals surface area contributed by atoms with Crippen LogP contribution in [0, 0.1) is 6.92 Å². The van der Waals surface area contributed by atoms with Crippen molar-refractivity contribution in [2.24, 2.45) is 7.05 Å². The highest BCUT2D eigenvalue weighted by Gasteiger charge is 2.14. The van der Waals surface area contributed by atoms with Crippen LogP contribution in [0.4, 0.5) is 0 Å². The quantitative estimate of drug-likeness (QED) is 0.782. The molecule has 2 rings (SSSR count). The van der Waals surface area contributed by atoms with E-state index in [-0.39, 0.29) is 0 Å². The summed E-state index contributed by atoms with van der Waals surface area (Å²) in [5.41, 5.74) is 1.37. The standard InChI is InChI=1S/C10H12N2O2/c1-7-5-8(6-14-7)10(13)9-3-4-12(2)11-9/h3-6,10,13H,1-2H3. The van der Waals surface area contributed by atoms with E-state index in [0.29, 0.717) is 5.69 Å². The van der Waals surface area contributed by atoms with Crippen molar-refractivity contribution < 1.29 is 9.52 Å². The minimum atomic E-state index is -0.700. The molecule has 0 radical (unpaired) electrons. The second kappa shape index (κ2) is 3.31. The molecule has 2 aromatic heterocycles. The fourth-order valence-electron chi connectivity index (χ4n) is 1.36. The van der Waals surface area contributed by atoms with Crippen molar-refractivity contribution >= 4 is 0 Å². The highest BCUT2D eigenvalue weighted by molar-refractivity contribution is 5.23. The topological polar surface area (TPSA) is 51.2 Å². The third kappa shape index (κ3) is 1.56. The van der Waals surface area contributed by atoms with Crippen molar-refractivity contribution in [3.63, 3.8) is 0 Å². The molecule has 1 unspecified atom stereocenters. The first-order valence-corrected chi connectivity index (χ1v) is 4.39. The number of hydrogen-bond donors (Lipinski definition) is 1. The predicted octanol–water partition coefficient (Wildman–Crippen LogP) is 1.40. The lowest BCUT2D eigenvalue weighted by atomic mass is 10.1. The summed E-state index contributed by atoms with van der Waals surface area (Å²) in [6, 6.07) is 3.59. The number of hydrogen-bond acceptors (Lipinski definition) is 3. The molecule has 0 aromatic carbocycles. The molecule has 0 aliphatic rings. The van der Waals surface area contributed by atoms with Crippen LogP contribution in [0.3, 0.4) is 0 Å². The third-order valence-electron chi connectivity index (χ3n) is 2.08. The van der Waals surface area contributed by atoms with Crippen LogP contribution in [-0.4, -0.2) is 14.9 Å². The van der Waals surface area contributed by atoms with E-state index in [0.717, 1.165) is 11.3 Å². The van der Waals surface area contributed by atoms with Gasteiger partial charge in [0.2, 0.25) is 0 Å². The Bertz CT molecular complexity index is 391. The number of aryl methyl sites for hydroxylation is 2. The van der Waals surface area contributed by atoms with E-state index >= 15 is 0 Å². The number of aromatic nitrogens is 2.